The first-order valence-corrected chi connectivity index (χ1v) is 8.84. The topological polar surface area (TPSA) is 41.3 Å². The molecule has 0 radical (unpaired) electrons. The molecule has 0 spiro atoms. The van der Waals surface area contributed by atoms with Crippen molar-refractivity contribution in [1.29, 1.82) is 0 Å². The maximum atomic E-state index is 14.2. The molecule has 1 fully saturated rings. The number of fused-ring (bicyclic) bond motifs is 1. The standard InChI is InChI=1S/C20H22FN3O/c21-17-9-2-1-7-15(17)13-24-19-11-4-3-10-18(19)22-20(24)23-12-6-5-8-16(23)14-25/h1-4,7,9-11,16,25H,5-6,8,12-14H2/t16-/m1/s1. The molecular formula is C20H22FN3O. The van der Waals surface area contributed by atoms with Gasteiger partial charge in [0.25, 0.3) is 0 Å². The smallest absolute Gasteiger partial charge is 0.207 e. The van der Waals surface area contributed by atoms with E-state index >= 15 is 0 Å². The van der Waals surface area contributed by atoms with Crippen LogP contribution in [0.1, 0.15) is 24.8 Å². The van der Waals surface area contributed by atoms with E-state index in [1.807, 2.05) is 36.4 Å². The third-order valence-electron chi connectivity index (χ3n) is 5.02. The van der Waals surface area contributed by atoms with Gasteiger partial charge in [-0.2, -0.15) is 0 Å². The van der Waals surface area contributed by atoms with Gasteiger partial charge in [0.2, 0.25) is 5.95 Å². The molecule has 4 nitrogen and oxygen atoms in total. The van der Waals surface area contributed by atoms with Crippen LogP contribution in [0.2, 0.25) is 0 Å². The van der Waals surface area contributed by atoms with Crippen LogP contribution in [0.5, 0.6) is 0 Å². The van der Waals surface area contributed by atoms with E-state index in [0.717, 1.165) is 42.8 Å². The zero-order valence-corrected chi connectivity index (χ0v) is 14.1. The van der Waals surface area contributed by atoms with Crippen molar-refractivity contribution in [3.05, 3.63) is 59.9 Å². The first kappa shape index (κ1) is 16.1. The molecule has 130 valence electrons. The summed E-state index contributed by atoms with van der Waals surface area (Å²) >= 11 is 0. The van der Waals surface area contributed by atoms with E-state index in [-0.39, 0.29) is 18.5 Å². The minimum Gasteiger partial charge on any atom is -0.394 e. The number of piperidine rings is 1. The molecule has 1 aliphatic heterocycles. The van der Waals surface area contributed by atoms with Crippen molar-refractivity contribution in [2.45, 2.75) is 31.8 Å². The Morgan fingerprint density at radius 2 is 1.88 bits per heavy atom. The second-order valence-corrected chi connectivity index (χ2v) is 6.60. The molecule has 1 aliphatic rings. The highest BCUT2D eigenvalue weighted by molar-refractivity contribution is 5.79. The van der Waals surface area contributed by atoms with E-state index < -0.39 is 0 Å². The summed E-state index contributed by atoms with van der Waals surface area (Å²) < 4.78 is 16.3. The summed E-state index contributed by atoms with van der Waals surface area (Å²) in [5.41, 5.74) is 2.53. The van der Waals surface area contributed by atoms with Gasteiger partial charge >= 0.3 is 0 Å². The fourth-order valence-electron chi connectivity index (χ4n) is 3.69. The quantitative estimate of drug-likeness (QED) is 0.790. The summed E-state index contributed by atoms with van der Waals surface area (Å²) in [7, 11) is 0. The highest BCUT2D eigenvalue weighted by atomic mass is 19.1. The summed E-state index contributed by atoms with van der Waals surface area (Å²) in [5.74, 6) is 0.617. The minimum atomic E-state index is -0.205. The van der Waals surface area contributed by atoms with E-state index in [4.69, 9.17) is 4.98 Å². The van der Waals surface area contributed by atoms with Gasteiger partial charge in [0.15, 0.2) is 0 Å². The van der Waals surface area contributed by atoms with Gasteiger partial charge in [-0.3, -0.25) is 0 Å². The van der Waals surface area contributed by atoms with Crippen LogP contribution in [-0.4, -0.2) is 33.9 Å². The molecule has 1 saturated heterocycles. The van der Waals surface area contributed by atoms with Crippen LogP contribution in [0, 0.1) is 5.82 Å². The number of imidazole rings is 1. The largest absolute Gasteiger partial charge is 0.394 e. The molecule has 4 rings (SSSR count). The number of aliphatic hydroxyl groups excluding tert-OH is 1. The fourth-order valence-corrected chi connectivity index (χ4v) is 3.69. The van der Waals surface area contributed by atoms with Crippen LogP contribution in [0.15, 0.2) is 48.5 Å². The van der Waals surface area contributed by atoms with Crippen LogP contribution in [0.25, 0.3) is 11.0 Å². The Balaban J connectivity index is 1.82. The van der Waals surface area contributed by atoms with Crippen LogP contribution in [-0.2, 0) is 6.54 Å². The lowest BCUT2D eigenvalue weighted by atomic mass is 10.0. The van der Waals surface area contributed by atoms with Crippen molar-refractivity contribution in [3.63, 3.8) is 0 Å². The van der Waals surface area contributed by atoms with Crippen LogP contribution >= 0.6 is 0 Å². The Kier molecular flexibility index (Phi) is 4.40. The van der Waals surface area contributed by atoms with Gasteiger partial charge in [0.1, 0.15) is 5.82 Å². The molecule has 0 bridgehead atoms. The van der Waals surface area contributed by atoms with Gasteiger partial charge in [-0.05, 0) is 37.5 Å². The van der Waals surface area contributed by atoms with Crippen LogP contribution in [0.3, 0.4) is 0 Å². The summed E-state index contributed by atoms with van der Waals surface area (Å²) in [5, 5.41) is 9.78. The summed E-state index contributed by atoms with van der Waals surface area (Å²) in [6.07, 6.45) is 3.16. The molecule has 1 atom stereocenters. The molecule has 0 aliphatic carbocycles. The maximum Gasteiger partial charge on any atom is 0.207 e. The molecule has 0 unspecified atom stereocenters. The predicted molar refractivity (Wildman–Crippen MR) is 97.3 cm³/mol. The molecule has 2 heterocycles. The summed E-state index contributed by atoms with van der Waals surface area (Å²) in [6, 6.07) is 14.9. The number of nitrogens with zero attached hydrogens (tertiary/aromatic N) is 3. The highest BCUT2D eigenvalue weighted by Crippen LogP contribution is 2.29. The molecule has 0 saturated carbocycles. The Morgan fingerprint density at radius 3 is 2.72 bits per heavy atom. The molecule has 2 aromatic carbocycles. The van der Waals surface area contributed by atoms with Gasteiger partial charge < -0.3 is 14.6 Å². The van der Waals surface area contributed by atoms with Crippen molar-refractivity contribution in [2.75, 3.05) is 18.1 Å². The molecule has 3 aromatic rings. The summed E-state index contributed by atoms with van der Waals surface area (Å²) in [6.45, 7) is 1.41. The van der Waals surface area contributed by atoms with Gasteiger partial charge in [-0.15, -0.1) is 0 Å². The van der Waals surface area contributed by atoms with E-state index in [0.29, 0.717) is 12.1 Å². The third-order valence-corrected chi connectivity index (χ3v) is 5.02. The zero-order valence-electron chi connectivity index (χ0n) is 14.1. The number of hydrogen-bond donors (Lipinski definition) is 1. The first-order chi connectivity index (χ1) is 12.3. The lowest BCUT2D eigenvalue weighted by Crippen LogP contribution is -2.43. The number of aromatic nitrogens is 2. The zero-order chi connectivity index (χ0) is 17.2. The first-order valence-electron chi connectivity index (χ1n) is 8.84. The number of benzene rings is 2. The predicted octanol–water partition coefficient (Wildman–Crippen LogP) is 3.57. The second-order valence-electron chi connectivity index (χ2n) is 6.60. The molecule has 1 N–H and O–H groups in total. The van der Waals surface area contributed by atoms with E-state index in [1.54, 1.807) is 6.07 Å². The van der Waals surface area contributed by atoms with Gasteiger partial charge in [0.05, 0.1) is 30.2 Å². The fraction of sp³-hybridized carbons (Fsp3) is 0.350. The highest BCUT2D eigenvalue weighted by Gasteiger charge is 2.26. The molecule has 0 amide bonds. The number of hydrogen-bond acceptors (Lipinski definition) is 3. The third kappa shape index (κ3) is 3.00. The lowest BCUT2D eigenvalue weighted by Gasteiger charge is -2.35. The van der Waals surface area contributed by atoms with Gasteiger partial charge in [-0.1, -0.05) is 30.3 Å². The molecule has 1 aromatic heterocycles. The molecule has 25 heavy (non-hydrogen) atoms. The van der Waals surface area contributed by atoms with Crippen molar-refractivity contribution < 1.29 is 9.50 Å². The average molecular weight is 339 g/mol. The maximum absolute atomic E-state index is 14.2. The Hall–Kier alpha value is -2.40. The van der Waals surface area contributed by atoms with E-state index in [2.05, 4.69) is 9.47 Å². The van der Waals surface area contributed by atoms with Gasteiger partial charge in [-0.25, -0.2) is 9.37 Å². The Morgan fingerprint density at radius 1 is 1.08 bits per heavy atom. The number of rotatable bonds is 4. The monoisotopic (exact) mass is 339 g/mol. The molecular weight excluding hydrogens is 317 g/mol. The lowest BCUT2D eigenvalue weighted by molar-refractivity contribution is 0.238. The number of halogens is 1. The van der Waals surface area contributed by atoms with Crippen molar-refractivity contribution in [2.24, 2.45) is 0 Å². The number of aliphatic hydroxyl groups is 1. The Bertz CT molecular complexity index is 876. The van der Waals surface area contributed by atoms with E-state index in [1.165, 1.54) is 6.07 Å². The molecule has 5 heteroatoms. The SMILES string of the molecule is OC[C@H]1CCCCN1c1nc2ccccc2n1Cc1ccccc1F. The second kappa shape index (κ2) is 6.84. The normalized spacial score (nSPS) is 18.0. The minimum absolute atomic E-state index is 0.0740. The van der Waals surface area contributed by atoms with Crippen LogP contribution in [0.4, 0.5) is 10.3 Å². The van der Waals surface area contributed by atoms with Crippen molar-refractivity contribution in [3.8, 4) is 0 Å². The number of anilines is 1. The Labute approximate surface area is 146 Å². The van der Waals surface area contributed by atoms with Crippen molar-refractivity contribution >= 4 is 17.0 Å². The average Bonchev–Trinajstić information content (AvgIpc) is 3.02. The number of para-hydroxylation sites is 2. The van der Waals surface area contributed by atoms with E-state index in [9.17, 15) is 9.50 Å². The van der Waals surface area contributed by atoms with Crippen molar-refractivity contribution in [1.82, 2.24) is 9.55 Å². The summed E-state index contributed by atoms with van der Waals surface area (Å²) in [4.78, 5) is 7.00. The van der Waals surface area contributed by atoms with Gasteiger partial charge in [0, 0.05) is 12.1 Å². The van der Waals surface area contributed by atoms with Crippen LogP contribution < -0.4 is 4.90 Å².